The minimum Gasteiger partial charge on any atom is -0.404 e. The van der Waals surface area contributed by atoms with Crippen molar-refractivity contribution < 1.29 is 4.79 Å². The van der Waals surface area contributed by atoms with Crippen LogP contribution in [0.3, 0.4) is 0 Å². The average molecular weight is 567 g/mol. The van der Waals surface area contributed by atoms with E-state index in [0.717, 1.165) is 82.5 Å². The molecule has 1 unspecified atom stereocenters. The van der Waals surface area contributed by atoms with E-state index < -0.39 is 0 Å². The van der Waals surface area contributed by atoms with Crippen molar-refractivity contribution in [3.05, 3.63) is 77.4 Å². The fourth-order valence-corrected chi connectivity index (χ4v) is 5.52. The van der Waals surface area contributed by atoms with Crippen molar-refractivity contribution in [2.24, 2.45) is 11.7 Å². The normalized spacial score (nSPS) is 21.1. The van der Waals surface area contributed by atoms with Gasteiger partial charge in [0.15, 0.2) is 5.82 Å². The van der Waals surface area contributed by atoms with Gasteiger partial charge in [0, 0.05) is 73.6 Å². The largest absolute Gasteiger partial charge is 0.404 e. The van der Waals surface area contributed by atoms with Crippen molar-refractivity contribution >= 4 is 39.6 Å². The van der Waals surface area contributed by atoms with Crippen molar-refractivity contribution in [1.82, 2.24) is 35.5 Å². The van der Waals surface area contributed by atoms with Crippen LogP contribution in [0.1, 0.15) is 38.6 Å². The molecule has 0 aromatic carbocycles. The molecule has 6 heterocycles. The molecule has 11 nitrogen and oxygen atoms in total. The number of allylic oxidation sites excluding steroid dienone is 4. The van der Waals surface area contributed by atoms with E-state index in [9.17, 15) is 4.79 Å². The molecule has 0 bridgehead atoms. The highest BCUT2D eigenvalue weighted by Gasteiger charge is 2.41. The Labute approximate surface area is 245 Å². The zero-order valence-electron chi connectivity index (χ0n) is 24.5. The maximum absolute atomic E-state index is 12.4. The van der Waals surface area contributed by atoms with Crippen LogP contribution in [0.25, 0.3) is 22.2 Å². The summed E-state index contributed by atoms with van der Waals surface area (Å²) in [6.45, 7) is 9.85. The van der Waals surface area contributed by atoms with Gasteiger partial charge in [-0.25, -0.2) is 9.97 Å². The average Bonchev–Trinajstić information content (AvgIpc) is 3.62. The topological polar surface area (TPSA) is 150 Å². The van der Waals surface area contributed by atoms with Crippen LogP contribution in [0, 0.1) is 5.92 Å². The summed E-state index contributed by atoms with van der Waals surface area (Å²) in [4.78, 5) is 34.8. The number of pyridine rings is 2. The Morgan fingerprint density at radius 3 is 2.76 bits per heavy atom. The summed E-state index contributed by atoms with van der Waals surface area (Å²) in [5.41, 5.74) is 14.2. The van der Waals surface area contributed by atoms with E-state index in [1.165, 1.54) is 0 Å². The molecule has 42 heavy (non-hydrogen) atoms. The monoisotopic (exact) mass is 566 g/mol. The van der Waals surface area contributed by atoms with E-state index in [-0.39, 0.29) is 18.0 Å². The van der Waals surface area contributed by atoms with Gasteiger partial charge in [0.2, 0.25) is 5.91 Å². The van der Waals surface area contributed by atoms with Gasteiger partial charge in [-0.15, -0.1) is 0 Å². The molecule has 0 radical (unpaired) electrons. The quantitative estimate of drug-likeness (QED) is 0.272. The number of nitrogens with zero attached hydrogens (tertiary/aromatic N) is 5. The molecular formula is C31H38N10O. The maximum Gasteiger partial charge on any atom is 0.224 e. The molecule has 11 heteroatoms. The number of rotatable bonds is 7. The summed E-state index contributed by atoms with van der Waals surface area (Å²) in [6.07, 6.45) is 11.4. The molecule has 0 spiro atoms. The highest BCUT2D eigenvalue weighted by Crippen LogP contribution is 2.41. The van der Waals surface area contributed by atoms with Crippen LogP contribution in [0.15, 0.2) is 66.0 Å². The van der Waals surface area contributed by atoms with E-state index in [0.29, 0.717) is 12.1 Å². The van der Waals surface area contributed by atoms with E-state index >= 15 is 0 Å². The third-order valence-electron chi connectivity index (χ3n) is 7.77. The number of hydrogen-bond acceptors (Lipinski definition) is 9. The van der Waals surface area contributed by atoms with Crippen LogP contribution in [0.5, 0.6) is 0 Å². The maximum atomic E-state index is 12.4. The first-order valence-electron chi connectivity index (χ1n) is 14.5. The Balaban J connectivity index is 1.37. The van der Waals surface area contributed by atoms with Gasteiger partial charge in [0.05, 0.1) is 23.1 Å². The first kappa shape index (κ1) is 27.5. The second-order valence-electron chi connectivity index (χ2n) is 11.4. The Kier molecular flexibility index (Phi) is 7.42. The molecule has 1 atom stereocenters. The summed E-state index contributed by atoms with van der Waals surface area (Å²) >= 11 is 0. The molecule has 3 aliphatic rings. The first-order valence-corrected chi connectivity index (χ1v) is 14.5. The zero-order valence-corrected chi connectivity index (χ0v) is 24.5. The summed E-state index contributed by atoms with van der Waals surface area (Å²) in [5.74, 6) is 1.90. The number of nitrogens with two attached hydrogens (primary N) is 1. The van der Waals surface area contributed by atoms with Gasteiger partial charge >= 0.3 is 0 Å². The van der Waals surface area contributed by atoms with Crippen molar-refractivity contribution in [2.45, 2.75) is 33.4 Å². The second-order valence-corrected chi connectivity index (χ2v) is 11.4. The number of nitrogens with one attached hydrogen (secondary N) is 4. The highest BCUT2D eigenvalue weighted by atomic mass is 16.1. The molecule has 218 valence electrons. The van der Waals surface area contributed by atoms with Gasteiger partial charge in [0.25, 0.3) is 0 Å². The Morgan fingerprint density at radius 1 is 1.21 bits per heavy atom. The molecule has 3 aliphatic heterocycles. The summed E-state index contributed by atoms with van der Waals surface area (Å²) in [7, 11) is 2.15. The predicted octanol–water partition coefficient (Wildman–Crippen LogP) is 3.16. The lowest BCUT2D eigenvalue weighted by Gasteiger charge is -2.33. The predicted molar refractivity (Wildman–Crippen MR) is 167 cm³/mol. The highest BCUT2D eigenvalue weighted by molar-refractivity contribution is 5.96. The summed E-state index contributed by atoms with van der Waals surface area (Å²) in [5, 5.41) is 9.96. The number of fused-ring (bicyclic) bond motifs is 2. The van der Waals surface area contributed by atoms with Crippen molar-refractivity contribution in [1.29, 1.82) is 0 Å². The number of carbonyl (C=O) groups is 1. The third kappa shape index (κ3) is 5.47. The molecule has 1 amide bonds. The van der Waals surface area contributed by atoms with E-state index in [2.05, 4.69) is 48.8 Å². The van der Waals surface area contributed by atoms with Gasteiger partial charge in [0.1, 0.15) is 17.5 Å². The zero-order chi connectivity index (χ0) is 29.4. The molecule has 6 rings (SSSR count). The van der Waals surface area contributed by atoms with Crippen LogP contribution in [-0.4, -0.2) is 70.1 Å². The van der Waals surface area contributed by atoms with Gasteiger partial charge < -0.3 is 36.5 Å². The van der Waals surface area contributed by atoms with E-state index in [4.69, 9.17) is 15.7 Å². The van der Waals surface area contributed by atoms with Crippen molar-refractivity contribution in [3.63, 3.8) is 0 Å². The van der Waals surface area contributed by atoms with Crippen LogP contribution in [-0.2, 0) is 4.79 Å². The SMILES string of the molecule is C\C=C1/NC2NC2=C(c2nc3c(N4CCN(C)CC4)nccc3[nH]2)/C1=C/C(=C\N)c1cncc(NC(=O)CC(C)C)c1. The number of anilines is 2. The van der Waals surface area contributed by atoms with Crippen LogP contribution in [0.4, 0.5) is 11.5 Å². The molecular weight excluding hydrogens is 528 g/mol. The fourth-order valence-electron chi connectivity index (χ4n) is 5.52. The number of hydrogen-bond donors (Lipinski definition) is 5. The van der Waals surface area contributed by atoms with Crippen LogP contribution < -0.4 is 26.6 Å². The molecule has 2 fully saturated rings. The Bertz CT molecular complexity index is 1640. The van der Waals surface area contributed by atoms with Gasteiger partial charge in [-0.3, -0.25) is 9.78 Å². The van der Waals surface area contributed by atoms with Gasteiger partial charge in [-0.2, -0.15) is 0 Å². The molecule has 3 aromatic rings. The number of likely N-dealkylation sites (N-methyl/N-ethyl adjacent to an activating group) is 1. The van der Waals surface area contributed by atoms with E-state index in [1.54, 1.807) is 18.6 Å². The molecule has 0 aliphatic carbocycles. The number of H-pyrrole nitrogens is 1. The Hall–Kier alpha value is -4.64. The summed E-state index contributed by atoms with van der Waals surface area (Å²) < 4.78 is 0. The number of amides is 1. The van der Waals surface area contributed by atoms with Crippen LogP contribution in [0.2, 0.25) is 0 Å². The first-order chi connectivity index (χ1) is 20.3. The molecule has 3 aromatic heterocycles. The number of carbonyl (C=O) groups excluding carboxylic acids is 1. The number of piperazine rings is 1. The number of aromatic amines is 1. The lowest BCUT2D eigenvalue weighted by molar-refractivity contribution is -0.116. The lowest BCUT2D eigenvalue weighted by atomic mass is 9.94. The number of aromatic nitrogens is 4. The second kappa shape index (κ2) is 11.3. The fraction of sp³-hybridized carbons (Fsp3) is 0.355. The third-order valence-corrected chi connectivity index (χ3v) is 7.77. The summed E-state index contributed by atoms with van der Waals surface area (Å²) in [6, 6.07) is 3.87. The standard InChI is InChI=1S/C31H38N10O/c1-5-23-22(14-19(15-32)20-13-21(17-33-16-20)35-25(42)12-18(2)3)26(28-30(36-23)39-28)29-37-24-6-7-34-31(27(24)38-29)41-10-8-40(4)9-11-41/h5-7,13-18,30,36,39H,8-12,32H2,1-4H3,(H,35,42)(H,37,38)/b19-15+,22-14+,23-5-. The minimum atomic E-state index is -0.0403. The van der Waals surface area contributed by atoms with Gasteiger partial charge in [-0.1, -0.05) is 19.9 Å². The van der Waals surface area contributed by atoms with Crippen molar-refractivity contribution in [3.8, 4) is 0 Å². The van der Waals surface area contributed by atoms with E-state index in [1.807, 2.05) is 45.2 Å². The Morgan fingerprint density at radius 2 is 2.02 bits per heavy atom. The lowest BCUT2D eigenvalue weighted by Crippen LogP contribution is -2.44. The van der Waals surface area contributed by atoms with Gasteiger partial charge in [-0.05, 0) is 43.7 Å². The number of imidazole rings is 1. The molecule has 0 saturated carbocycles. The molecule has 2 saturated heterocycles. The molecule has 6 N–H and O–H groups in total. The smallest absolute Gasteiger partial charge is 0.224 e. The van der Waals surface area contributed by atoms with Crippen molar-refractivity contribution in [2.75, 3.05) is 43.4 Å². The van der Waals surface area contributed by atoms with Crippen LogP contribution >= 0.6 is 0 Å². The minimum absolute atomic E-state index is 0.0403.